The number of hydrogen-bond acceptors (Lipinski definition) is 9. The molecule has 3 atom stereocenters. The molecule has 0 bridgehead atoms. The number of esters is 2. The highest BCUT2D eigenvalue weighted by Crippen LogP contribution is 2.43. The Morgan fingerprint density at radius 1 is 0.545 bits per heavy atom. The number of phosphoric ester groups is 1. The molecule has 11 heteroatoms. The molecule has 0 amide bonds. The van der Waals surface area contributed by atoms with Gasteiger partial charge in [0.05, 0.1) is 19.8 Å². The fraction of sp³-hybridized carbons (Fsp3) is 0.727. The van der Waals surface area contributed by atoms with Gasteiger partial charge in [-0.05, 0) is 51.4 Å². The molecule has 0 rings (SSSR count). The first-order valence-electron chi connectivity index (χ1n) is 21.2. The molecule has 0 fully saturated rings. The molecule has 3 N–H and O–H groups in total. The number of aliphatic hydroxyl groups excluding tert-OH is 2. The zero-order valence-corrected chi connectivity index (χ0v) is 35.3. The number of allylic oxidation sites excluding steroid dienone is 10. The Hall–Kier alpha value is -2.33. The minimum Gasteiger partial charge on any atom is -0.462 e. The Morgan fingerprint density at radius 2 is 0.982 bits per heavy atom. The van der Waals surface area contributed by atoms with Crippen molar-refractivity contribution in [1.29, 1.82) is 0 Å². The van der Waals surface area contributed by atoms with Crippen molar-refractivity contribution in [2.24, 2.45) is 0 Å². The second kappa shape index (κ2) is 39.9. The minimum absolute atomic E-state index is 0.117. The van der Waals surface area contributed by atoms with Crippen LogP contribution in [0.25, 0.3) is 0 Å². The zero-order chi connectivity index (χ0) is 40.5. The molecule has 0 aromatic heterocycles. The summed E-state index contributed by atoms with van der Waals surface area (Å²) in [7, 11) is -4.63. The maximum absolute atomic E-state index is 12.6. The first kappa shape index (κ1) is 52.7. The van der Waals surface area contributed by atoms with E-state index >= 15 is 0 Å². The summed E-state index contributed by atoms with van der Waals surface area (Å²) in [4.78, 5) is 34.9. The third-order valence-electron chi connectivity index (χ3n) is 8.69. The molecule has 0 radical (unpaired) electrons. The second-order valence-corrected chi connectivity index (χ2v) is 15.5. The van der Waals surface area contributed by atoms with Crippen molar-refractivity contribution < 1.29 is 47.8 Å². The highest BCUT2D eigenvalue weighted by molar-refractivity contribution is 7.47. The number of ether oxygens (including phenoxy) is 2. The van der Waals surface area contributed by atoms with E-state index in [9.17, 15) is 24.2 Å². The van der Waals surface area contributed by atoms with Crippen LogP contribution in [0, 0.1) is 0 Å². The van der Waals surface area contributed by atoms with Crippen molar-refractivity contribution in [1.82, 2.24) is 0 Å². The van der Waals surface area contributed by atoms with E-state index in [-0.39, 0.29) is 19.4 Å². The van der Waals surface area contributed by atoms with E-state index in [2.05, 4.69) is 67.0 Å². The van der Waals surface area contributed by atoms with Crippen LogP contribution in [-0.4, -0.2) is 65.7 Å². The van der Waals surface area contributed by atoms with Crippen LogP contribution in [0.4, 0.5) is 0 Å². The number of carbonyl (C=O) groups is 2. The lowest BCUT2D eigenvalue weighted by atomic mass is 10.0. The average Bonchev–Trinajstić information content (AvgIpc) is 3.17. The molecule has 0 aliphatic carbocycles. The van der Waals surface area contributed by atoms with E-state index in [0.717, 1.165) is 44.9 Å². The third-order valence-corrected chi connectivity index (χ3v) is 9.64. The summed E-state index contributed by atoms with van der Waals surface area (Å²) in [5, 5.41) is 18.3. The fourth-order valence-electron chi connectivity index (χ4n) is 5.39. The third kappa shape index (κ3) is 39.7. The highest BCUT2D eigenvalue weighted by atomic mass is 31.2. The van der Waals surface area contributed by atoms with Gasteiger partial charge < -0.3 is 24.6 Å². The maximum atomic E-state index is 12.6. The Kier molecular flexibility index (Phi) is 38.2. The summed E-state index contributed by atoms with van der Waals surface area (Å²) >= 11 is 0. The average molecular weight is 797 g/mol. The first-order valence-corrected chi connectivity index (χ1v) is 22.7. The molecule has 0 aliphatic rings. The summed E-state index contributed by atoms with van der Waals surface area (Å²) < 4.78 is 32.6. The normalized spacial score (nSPS) is 14.5. The van der Waals surface area contributed by atoms with E-state index in [1.165, 1.54) is 83.5 Å². The summed E-state index contributed by atoms with van der Waals surface area (Å²) in [6.07, 6.45) is 43.4. The van der Waals surface area contributed by atoms with Crippen molar-refractivity contribution in [3.05, 3.63) is 60.8 Å². The largest absolute Gasteiger partial charge is 0.472 e. The van der Waals surface area contributed by atoms with Crippen LogP contribution in [0.1, 0.15) is 168 Å². The summed E-state index contributed by atoms with van der Waals surface area (Å²) in [5.74, 6) is -1.02. The van der Waals surface area contributed by atoms with Crippen LogP contribution < -0.4 is 0 Å². The van der Waals surface area contributed by atoms with Crippen LogP contribution in [0.5, 0.6) is 0 Å². The molecule has 0 aromatic carbocycles. The monoisotopic (exact) mass is 797 g/mol. The number of aliphatic hydroxyl groups is 2. The zero-order valence-electron chi connectivity index (χ0n) is 34.4. The molecular weight excluding hydrogens is 719 g/mol. The van der Waals surface area contributed by atoms with Crippen molar-refractivity contribution in [2.45, 2.75) is 180 Å². The Bertz CT molecular complexity index is 1100. The lowest BCUT2D eigenvalue weighted by Gasteiger charge is -2.20. The van der Waals surface area contributed by atoms with Gasteiger partial charge in [-0.2, -0.15) is 0 Å². The maximum Gasteiger partial charge on any atom is 0.472 e. The lowest BCUT2D eigenvalue weighted by molar-refractivity contribution is -0.161. The number of phosphoric acid groups is 1. The molecule has 10 nitrogen and oxygen atoms in total. The van der Waals surface area contributed by atoms with E-state index in [1.807, 2.05) is 12.2 Å². The Labute approximate surface area is 334 Å². The summed E-state index contributed by atoms with van der Waals surface area (Å²) in [5.41, 5.74) is 0. The van der Waals surface area contributed by atoms with Crippen molar-refractivity contribution in [3.63, 3.8) is 0 Å². The number of carbonyl (C=O) groups excluding carboxylic acids is 2. The molecular formula is C44H77O10P. The Balaban J connectivity index is 4.43. The standard InChI is InChI=1S/C44H77O10P/c1-3-5-7-9-11-13-15-17-18-19-20-21-22-24-25-27-29-31-33-35-43(47)51-39-42(40-53-55(49,50)52-38-41(46)37-45)54-44(48)36-34-32-30-28-26-23-16-14-12-10-8-6-4-2/h11,13,17-18,20-21,24-25,29,31,41-42,45-46H,3-10,12,14-16,19,22-23,26-28,30,32-40H2,1-2H3,(H,49,50)/b13-11-,18-17-,21-20-,25-24-,31-29-/t41-,42+/m0/s1. The molecule has 0 aromatic rings. The SMILES string of the molecule is CCCCC/C=C\C/C=C\C/C=C\C/C=C\C/C=C\CCC(=O)OC[C@H](COP(=O)(O)OC[C@@H](O)CO)OC(=O)CCCCCCCCCCCCCCC. The topological polar surface area (TPSA) is 149 Å². The van der Waals surface area contributed by atoms with Gasteiger partial charge >= 0.3 is 19.8 Å². The van der Waals surface area contributed by atoms with Gasteiger partial charge in [0, 0.05) is 12.8 Å². The van der Waals surface area contributed by atoms with Gasteiger partial charge in [0.15, 0.2) is 6.10 Å². The van der Waals surface area contributed by atoms with E-state index < -0.39 is 51.8 Å². The van der Waals surface area contributed by atoms with Crippen LogP contribution in [-0.2, 0) is 32.7 Å². The second-order valence-electron chi connectivity index (χ2n) is 14.0. The van der Waals surface area contributed by atoms with E-state index in [4.69, 9.17) is 19.1 Å². The van der Waals surface area contributed by atoms with Crippen LogP contribution in [0.15, 0.2) is 60.8 Å². The van der Waals surface area contributed by atoms with Crippen molar-refractivity contribution in [3.8, 4) is 0 Å². The number of hydrogen-bond donors (Lipinski definition) is 3. The molecule has 0 heterocycles. The lowest BCUT2D eigenvalue weighted by Crippen LogP contribution is -2.29. The van der Waals surface area contributed by atoms with E-state index in [1.54, 1.807) is 0 Å². The van der Waals surface area contributed by atoms with Crippen LogP contribution in [0.3, 0.4) is 0 Å². The summed E-state index contributed by atoms with van der Waals surface area (Å²) in [6, 6.07) is 0. The van der Waals surface area contributed by atoms with Gasteiger partial charge in [0.1, 0.15) is 12.7 Å². The Morgan fingerprint density at radius 3 is 1.49 bits per heavy atom. The van der Waals surface area contributed by atoms with Gasteiger partial charge in [-0.1, -0.05) is 164 Å². The number of unbranched alkanes of at least 4 members (excludes halogenated alkanes) is 15. The van der Waals surface area contributed by atoms with Crippen molar-refractivity contribution >= 4 is 19.8 Å². The van der Waals surface area contributed by atoms with Crippen LogP contribution >= 0.6 is 7.82 Å². The van der Waals surface area contributed by atoms with Gasteiger partial charge in [-0.3, -0.25) is 18.6 Å². The molecule has 1 unspecified atom stereocenters. The van der Waals surface area contributed by atoms with Gasteiger partial charge in [0.25, 0.3) is 0 Å². The van der Waals surface area contributed by atoms with Gasteiger partial charge in [-0.15, -0.1) is 0 Å². The molecule has 0 saturated heterocycles. The highest BCUT2D eigenvalue weighted by Gasteiger charge is 2.27. The summed E-state index contributed by atoms with van der Waals surface area (Å²) in [6.45, 7) is 2.26. The number of rotatable bonds is 39. The van der Waals surface area contributed by atoms with Gasteiger partial charge in [0.2, 0.25) is 0 Å². The smallest absolute Gasteiger partial charge is 0.462 e. The van der Waals surface area contributed by atoms with E-state index in [0.29, 0.717) is 12.8 Å². The molecule has 0 aliphatic heterocycles. The quantitative estimate of drug-likeness (QED) is 0.0237. The van der Waals surface area contributed by atoms with Crippen molar-refractivity contribution in [2.75, 3.05) is 26.4 Å². The van der Waals surface area contributed by atoms with Crippen LogP contribution in [0.2, 0.25) is 0 Å². The first-order chi connectivity index (χ1) is 26.7. The molecule has 55 heavy (non-hydrogen) atoms. The molecule has 0 saturated carbocycles. The fourth-order valence-corrected chi connectivity index (χ4v) is 6.18. The predicted octanol–water partition coefficient (Wildman–Crippen LogP) is 11.1. The predicted molar refractivity (Wildman–Crippen MR) is 224 cm³/mol. The molecule has 0 spiro atoms. The molecule has 318 valence electrons. The minimum atomic E-state index is -4.63. The van der Waals surface area contributed by atoms with Gasteiger partial charge in [-0.25, -0.2) is 4.57 Å².